The lowest BCUT2D eigenvalue weighted by Gasteiger charge is -2.17. The van der Waals surface area contributed by atoms with Gasteiger partial charge >= 0.3 is 0 Å². The molecule has 1 aromatic carbocycles. The zero-order chi connectivity index (χ0) is 12.2. The van der Waals surface area contributed by atoms with E-state index in [2.05, 4.69) is 0 Å². The Balaban J connectivity index is 2.81. The number of hydrogen-bond donors (Lipinski definition) is 1. The molecule has 0 saturated carbocycles. The van der Waals surface area contributed by atoms with E-state index in [1.807, 2.05) is 6.92 Å². The Bertz CT molecular complexity index is 411. The highest BCUT2D eigenvalue weighted by Crippen LogP contribution is 2.16. The van der Waals surface area contributed by atoms with Crippen molar-refractivity contribution in [2.24, 2.45) is 5.92 Å². The summed E-state index contributed by atoms with van der Waals surface area (Å²) in [6.07, 6.45) is 0.0179. The van der Waals surface area contributed by atoms with Gasteiger partial charge in [0.05, 0.1) is 16.8 Å². The highest BCUT2D eigenvalue weighted by atomic mass is 32.2. The van der Waals surface area contributed by atoms with Gasteiger partial charge in [-0.2, -0.15) is 0 Å². The molecule has 0 saturated heterocycles. The van der Waals surface area contributed by atoms with E-state index in [4.69, 9.17) is 0 Å². The maximum atomic E-state index is 12.0. The molecule has 0 unspecified atom stereocenters. The van der Waals surface area contributed by atoms with E-state index in [1.165, 1.54) is 0 Å². The Morgan fingerprint density at radius 3 is 2.31 bits per heavy atom. The molecule has 0 aromatic heterocycles. The first kappa shape index (κ1) is 13.2. The van der Waals surface area contributed by atoms with Crippen LogP contribution in [0.2, 0.25) is 0 Å². The van der Waals surface area contributed by atoms with E-state index < -0.39 is 15.9 Å². The van der Waals surface area contributed by atoms with E-state index in [0.717, 1.165) is 0 Å². The number of benzene rings is 1. The lowest BCUT2D eigenvalue weighted by molar-refractivity contribution is 0.122. The summed E-state index contributed by atoms with van der Waals surface area (Å²) in [5.74, 6) is -0.248. The Kier molecular flexibility index (Phi) is 4.50. The standard InChI is InChI=1S/C12H18O3S/c1-3-12(13)10(2)9-16(14,15)11-7-5-4-6-8-11/h4-8,10,12-13H,3,9H2,1-2H3/t10-,12-/m0/s1. The predicted molar refractivity (Wildman–Crippen MR) is 64.0 cm³/mol. The summed E-state index contributed by atoms with van der Waals surface area (Å²) in [5, 5.41) is 9.57. The molecule has 0 aliphatic heterocycles. The van der Waals surface area contributed by atoms with E-state index >= 15 is 0 Å². The molecule has 1 aromatic rings. The van der Waals surface area contributed by atoms with Gasteiger partial charge in [0.2, 0.25) is 0 Å². The number of aliphatic hydroxyl groups is 1. The molecule has 0 spiro atoms. The van der Waals surface area contributed by atoms with Crippen LogP contribution >= 0.6 is 0 Å². The second-order valence-corrected chi connectivity index (χ2v) is 6.08. The summed E-state index contributed by atoms with van der Waals surface area (Å²) in [6.45, 7) is 3.60. The molecule has 2 atom stereocenters. The van der Waals surface area contributed by atoms with Crippen molar-refractivity contribution >= 4 is 9.84 Å². The Morgan fingerprint density at radius 1 is 1.25 bits per heavy atom. The average molecular weight is 242 g/mol. The predicted octanol–water partition coefficient (Wildman–Crippen LogP) is 1.87. The summed E-state index contributed by atoms with van der Waals surface area (Å²) >= 11 is 0. The summed E-state index contributed by atoms with van der Waals surface area (Å²) in [4.78, 5) is 0.324. The number of aliphatic hydroxyl groups excluding tert-OH is 1. The van der Waals surface area contributed by atoms with Gasteiger partial charge < -0.3 is 5.11 Å². The lowest BCUT2D eigenvalue weighted by atomic mass is 10.1. The molecule has 0 fully saturated rings. The topological polar surface area (TPSA) is 54.4 Å². The molecule has 0 aliphatic carbocycles. The first-order valence-electron chi connectivity index (χ1n) is 5.43. The summed E-state index contributed by atoms with van der Waals surface area (Å²) in [7, 11) is -3.27. The van der Waals surface area contributed by atoms with Gasteiger partial charge in [-0.3, -0.25) is 0 Å². The number of rotatable bonds is 5. The fourth-order valence-corrected chi connectivity index (χ4v) is 3.26. The summed E-state index contributed by atoms with van der Waals surface area (Å²) in [6, 6.07) is 8.35. The Morgan fingerprint density at radius 2 is 1.81 bits per heavy atom. The quantitative estimate of drug-likeness (QED) is 0.857. The van der Waals surface area contributed by atoms with Crippen molar-refractivity contribution in [3.63, 3.8) is 0 Å². The molecule has 3 nitrogen and oxygen atoms in total. The number of hydrogen-bond acceptors (Lipinski definition) is 3. The molecular formula is C12H18O3S. The number of sulfone groups is 1. The van der Waals surface area contributed by atoms with Gasteiger partial charge in [-0.25, -0.2) is 8.42 Å². The normalized spacial score (nSPS) is 15.7. The fourth-order valence-electron chi connectivity index (χ4n) is 1.58. The maximum Gasteiger partial charge on any atom is 0.178 e. The molecular weight excluding hydrogens is 224 g/mol. The van der Waals surface area contributed by atoms with Crippen LogP contribution < -0.4 is 0 Å². The van der Waals surface area contributed by atoms with Gasteiger partial charge in [0.15, 0.2) is 9.84 Å². The van der Waals surface area contributed by atoms with Crippen LogP contribution in [0, 0.1) is 5.92 Å². The van der Waals surface area contributed by atoms with Gasteiger partial charge in [-0.05, 0) is 24.5 Å². The molecule has 1 N–H and O–H groups in total. The molecule has 16 heavy (non-hydrogen) atoms. The molecule has 0 heterocycles. The second-order valence-electron chi connectivity index (χ2n) is 4.05. The van der Waals surface area contributed by atoms with Crippen LogP contribution in [-0.4, -0.2) is 25.4 Å². The van der Waals surface area contributed by atoms with Crippen molar-refractivity contribution in [2.45, 2.75) is 31.3 Å². The summed E-state index contributed by atoms with van der Waals surface area (Å²) in [5.41, 5.74) is 0. The van der Waals surface area contributed by atoms with Crippen LogP contribution in [0.25, 0.3) is 0 Å². The minimum Gasteiger partial charge on any atom is -0.393 e. The van der Waals surface area contributed by atoms with Gasteiger partial charge in [0, 0.05) is 0 Å². The van der Waals surface area contributed by atoms with Gasteiger partial charge in [-0.1, -0.05) is 32.0 Å². The molecule has 0 amide bonds. The van der Waals surface area contributed by atoms with Crippen LogP contribution in [0.1, 0.15) is 20.3 Å². The minimum atomic E-state index is -3.27. The van der Waals surface area contributed by atoms with Crippen LogP contribution in [-0.2, 0) is 9.84 Å². The van der Waals surface area contributed by atoms with E-state index in [0.29, 0.717) is 11.3 Å². The highest BCUT2D eigenvalue weighted by molar-refractivity contribution is 7.91. The third-order valence-corrected chi connectivity index (χ3v) is 4.61. The van der Waals surface area contributed by atoms with Crippen LogP contribution in [0.5, 0.6) is 0 Å². The first-order valence-corrected chi connectivity index (χ1v) is 7.08. The van der Waals surface area contributed by atoms with Gasteiger partial charge in [-0.15, -0.1) is 0 Å². The fraction of sp³-hybridized carbons (Fsp3) is 0.500. The lowest BCUT2D eigenvalue weighted by Crippen LogP contribution is -2.24. The van der Waals surface area contributed by atoms with Crippen molar-refractivity contribution in [1.29, 1.82) is 0 Å². The molecule has 0 aliphatic rings. The SMILES string of the molecule is CC[C@H](O)[C@@H](C)CS(=O)(=O)c1ccccc1. The Hall–Kier alpha value is -0.870. The van der Waals surface area contributed by atoms with E-state index in [1.54, 1.807) is 37.3 Å². The monoisotopic (exact) mass is 242 g/mol. The zero-order valence-electron chi connectivity index (χ0n) is 9.63. The smallest absolute Gasteiger partial charge is 0.178 e. The highest BCUT2D eigenvalue weighted by Gasteiger charge is 2.22. The maximum absolute atomic E-state index is 12.0. The van der Waals surface area contributed by atoms with E-state index in [9.17, 15) is 13.5 Å². The third-order valence-electron chi connectivity index (χ3n) is 2.66. The van der Waals surface area contributed by atoms with Crippen molar-refractivity contribution < 1.29 is 13.5 Å². The van der Waals surface area contributed by atoms with Crippen molar-refractivity contribution in [3.8, 4) is 0 Å². The minimum absolute atomic E-state index is 0.00792. The third kappa shape index (κ3) is 3.32. The average Bonchev–Trinajstić information content (AvgIpc) is 2.28. The molecule has 0 bridgehead atoms. The first-order chi connectivity index (χ1) is 7.47. The molecule has 4 heteroatoms. The van der Waals surface area contributed by atoms with Crippen LogP contribution in [0.15, 0.2) is 35.2 Å². The van der Waals surface area contributed by atoms with Gasteiger partial charge in [0.1, 0.15) is 0 Å². The molecule has 90 valence electrons. The van der Waals surface area contributed by atoms with Crippen LogP contribution in [0.4, 0.5) is 0 Å². The van der Waals surface area contributed by atoms with Crippen LogP contribution in [0.3, 0.4) is 0 Å². The van der Waals surface area contributed by atoms with Crippen molar-refractivity contribution in [3.05, 3.63) is 30.3 Å². The second kappa shape index (κ2) is 5.46. The molecule has 1 rings (SSSR count). The molecule has 0 radical (unpaired) electrons. The van der Waals surface area contributed by atoms with Crippen molar-refractivity contribution in [1.82, 2.24) is 0 Å². The Labute approximate surface area is 97.0 Å². The van der Waals surface area contributed by atoms with Crippen molar-refractivity contribution in [2.75, 3.05) is 5.75 Å². The largest absolute Gasteiger partial charge is 0.393 e. The summed E-state index contributed by atoms with van der Waals surface area (Å²) < 4.78 is 23.9. The van der Waals surface area contributed by atoms with Gasteiger partial charge in [0.25, 0.3) is 0 Å². The zero-order valence-corrected chi connectivity index (χ0v) is 10.4. The van der Waals surface area contributed by atoms with E-state index in [-0.39, 0.29) is 11.7 Å².